The van der Waals surface area contributed by atoms with E-state index in [0.717, 1.165) is 5.92 Å². The third kappa shape index (κ3) is 3.95. The quantitative estimate of drug-likeness (QED) is 0.634. The van der Waals surface area contributed by atoms with Crippen LogP contribution < -0.4 is 10.6 Å². The summed E-state index contributed by atoms with van der Waals surface area (Å²) in [7, 11) is 0. The van der Waals surface area contributed by atoms with E-state index in [1.807, 2.05) is 13.8 Å². The summed E-state index contributed by atoms with van der Waals surface area (Å²) in [4.78, 5) is 30.0. The van der Waals surface area contributed by atoms with Gasteiger partial charge in [-0.1, -0.05) is 33.8 Å². The van der Waals surface area contributed by atoms with Crippen molar-refractivity contribution in [2.45, 2.75) is 53.0 Å². The lowest BCUT2D eigenvalue weighted by atomic mass is 9.45. The van der Waals surface area contributed by atoms with Gasteiger partial charge in [0.1, 0.15) is 17.0 Å². The Hall–Kier alpha value is -2.41. The van der Waals surface area contributed by atoms with Crippen LogP contribution >= 0.6 is 0 Å². The molecule has 2 amide bonds. The number of nitrogens with one attached hydrogen (secondary N) is 2. The van der Waals surface area contributed by atoms with Crippen molar-refractivity contribution in [2.24, 2.45) is 29.1 Å². The van der Waals surface area contributed by atoms with Crippen LogP contribution in [-0.2, 0) is 0 Å². The second-order valence-corrected chi connectivity index (χ2v) is 10.2. The Morgan fingerprint density at radius 3 is 2.68 bits per heavy atom. The zero-order chi connectivity index (χ0) is 22.3. The first-order valence-corrected chi connectivity index (χ1v) is 11.4. The lowest BCUT2D eigenvalue weighted by molar-refractivity contribution is -0.103. The molecule has 0 aromatic carbocycles. The predicted molar refractivity (Wildman–Crippen MR) is 119 cm³/mol. The first-order chi connectivity index (χ1) is 14.7. The summed E-state index contributed by atoms with van der Waals surface area (Å²) in [6.07, 6.45) is 5.31. The molecule has 3 aliphatic rings. The summed E-state index contributed by atoms with van der Waals surface area (Å²) < 4.78 is 1.66. The third-order valence-electron chi connectivity index (χ3n) is 7.80. The molecule has 3 N–H and O–H groups in total. The van der Waals surface area contributed by atoms with Gasteiger partial charge >= 0.3 is 0 Å². The number of carbonyl (C=O) groups excluding carboxylic acids is 2. The molecule has 3 fully saturated rings. The van der Waals surface area contributed by atoms with Gasteiger partial charge in [-0.2, -0.15) is 0 Å². The van der Waals surface area contributed by atoms with Crippen LogP contribution in [0.15, 0.2) is 24.4 Å². The molecule has 3 aliphatic carbocycles. The van der Waals surface area contributed by atoms with Gasteiger partial charge in [-0.05, 0) is 60.5 Å². The monoisotopic (exact) mass is 426 g/mol. The van der Waals surface area contributed by atoms with Gasteiger partial charge < -0.3 is 15.7 Å². The predicted octanol–water partition coefficient (Wildman–Crippen LogP) is 2.88. The molecule has 1 unspecified atom stereocenters. The minimum Gasteiger partial charge on any atom is -0.394 e. The molecular weight excluding hydrogens is 392 g/mol. The van der Waals surface area contributed by atoms with Gasteiger partial charge in [-0.3, -0.25) is 14.0 Å². The van der Waals surface area contributed by atoms with E-state index in [9.17, 15) is 14.7 Å². The minimum absolute atomic E-state index is 0.100. The number of carbonyl (C=O) groups is 2. The van der Waals surface area contributed by atoms with Crippen LogP contribution in [0.25, 0.3) is 5.65 Å². The molecule has 0 radical (unpaired) electrons. The summed E-state index contributed by atoms with van der Waals surface area (Å²) in [5, 5.41) is 15.4. The number of imidazole rings is 1. The third-order valence-corrected chi connectivity index (χ3v) is 7.80. The highest BCUT2D eigenvalue weighted by Gasteiger charge is 2.53. The van der Waals surface area contributed by atoms with Crippen LogP contribution in [0.4, 0.5) is 0 Å². The van der Waals surface area contributed by atoms with Gasteiger partial charge in [-0.25, -0.2) is 4.98 Å². The Kier molecular flexibility index (Phi) is 5.81. The molecule has 2 aromatic heterocycles. The number of aliphatic hydroxyl groups is 1. The van der Waals surface area contributed by atoms with Crippen molar-refractivity contribution in [1.82, 2.24) is 20.0 Å². The summed E-state index contributed by atoms with van der Waals surface area (Å²) in [5.41, 5.74) is 1.63. The molecule has 0 spiro atoms. The summed E-state index contributed by atoms with van der Waals surface area (Å²) in [6, 6.07) is 4.97. The van der Waals surface area contributed by atoms with E-state index in [0.29, 0.717) is 35.1 Å². The Morgan fingerprint density at radius 1 is 1.26 bits per heavy atom. The molecule has 2 heterocycles. The number of fused-ring (bicyclic) bond motifs is 3. The highest BCUT2D eigenvalue weighted by Crippen LogP contribution is 2.61. The van der Waals surface area contributed by atoms with E-state index >= 15 is 0 Å². The average molecular weight is 427 g/mol. The van der Waals surface area contributed by atoms with E-state index < -0.39 is 0 Å². The molecule has 168 valence electrons. The second-order valence-electron chi connectivity index (χ2n) is 10.2. The van der Waals surface area contributed by atoms with Crippen LogP contribution in [0.1, 0.15) is 67.9 Å². The largest absolute Gasteiger partial charge is 0.394 e. The zero-order valence-electron chi connectivity index (χ0n) is 18.9. The van der Waals surface area contributed by atoms with E-state index in [1.54, 1.807) is 28.8 Å². The Labute approximate surface area is 183 Å². The van der Waals surface area contributed by atoms with Gasteiger partial charge in [0, 0.05) is 12.7 Å². The molecule has 0 saturated heterocycles. The highest BCUT2D eigenvalue weighted by molar-refractivity contribution is 5.95. The number of aromatic nitrogens is 2. The summed E-state index contributed by atoms with van der Waals surface area (Å²) >= 11 is 0. The van der Waals surface area contributed by atoms with Crippen LogP contribution in [0.5, 0.6) is 0 Å². The van der Waals surface area contributed by atoms with Crippen molar-refractivity contribution in [3.8, 4) is 0 Å². The number of hydrogen-bond donors (Lipinski definition) is 3. The lowest BCUT2D eigenvalue weighted by Gasteiger charge is -2.60. The van der Waals surface area contributed by atoms with Crippen molar-refractivity contribution >= 4 is 17.5 Å². The van der Waals surface area contributed by atoms with E-state index in [4.69, 9.17) is 0 Å². The number of pyridine rings is 1. The molecule has 7 nitrogen and oxygen atoms in total. The molecule has 31 heavy (non-hydrogen) atoms. The van der Waals surface area contributed by atoms with Gasteiger partial charge in [-0.15, -0.1) is 0 Å². The normalized spacial score (nSPS) is 25.2. The van der Waals surface area contributed by atoms with Gasteiger partial charge in [0.25, 0.3) is 11.8 Å². The summed E-state index contributed by atoms with van der Waals surface area (Å²) in [5.74, 6) is 1.65. The van der Waals surface area contributed by atoms with E-state index in [1.165, 1.54) is 19.3 Å². The molecule has 2 aromatic rings. The lowest BCUT2D eigenvalue weighted by Crippen LogP contribution is -2.54. The van der Waals surface area contributed by atoms with E-state index in [-0.39, 0.29) is 36.1 Å². The smallest absolute Gasteiger partial charge is 0.271 e. The molecule has 4 atom stereocenters. The number of rotatable bonds is 7. The van der Waals surface area contributed by atoms with Gasteiger partial charge in [0.05, 0.1) is 12.6 Å². The van der Waals surface area contributed by atoms with Crippen molar-refractivity contribution < 1.29 is 14.7 Å². The first-order valence-electron chi connectivity index (χ1n) is 11.4. The molecule has 0 aliphatic heterocycles. The molecule has 2 bridgehead atoms. The fourth-order valence-electron chi connectivity index (χ4n) is 5.49. The van der Waals surface area contributed by atoms with E-state index in [2.05, 4.69) is 29.5 Å². The number of hydrogen-bond acceptors (Lipinski definition) is 4. The maximum atomic E-state index is 13.0. The zero-order valence-corrected chi connectivity index (χ0v) is 18.9. The standard InChI is InChI=1S/C24H34N4O3/c1-14(2)19(13-29)27-22(30)18-12-28-20(6-5-7-21(28)26-18)23(31)25-11-15-8-9-16-10-17(15)24(16,3)4/h5-7,12,14-17,19,29H,8-11,13H2,1-4H3,(H,25,31)(H,27,30)/t15-,16-,17-,19?/m0/s1. The number of nitrogens with zero attached hydrogens (tertiary/aromatic N) is 2. The fraction of sp³-hybridized carbons (Fsp3) is 0.625. The molecule has 5 rings (SSSR count). The highest BCUT2D eigenvalue weighted by atomic mass is 16.3. The molecule has 3 saturated carbocycles. The molecule has 7 heteroatoms. The van der Waals surface area contributed by atoms with Gasteiger partial charge in [0.15, 0.2) is 0 Å². The maximum Gasteiger partial charge on any atom is 0.271 e. The maximum absolute atomic E-state index is 13.0. The second kappa shape index (κ2) is 8.26. The average Bonchev–Trinajstić information content (AvgIpc) is 3.19. The van der Waals surface area contributed by atoms with Crippen molar-refractivity contribution in [3.05, 3.63) is 35.8 Å². The van der Waals surface area contributed by atoms with Crippen LogP contribution in [0, 0.1) is 29.1 Å². The Morgan fingerprint density at radius 2 is 2.03 bits per heavy atom. The first kappa shape index (κ1) is 21.8. The topological polar surface area (TPSA) is 95.7 Å². The van der Waals surface area contributed by atoms with Gasteiger partial charge in [0.2, 0.25) is 0 Å². The Bertz CT molecular complexity index is 978. The fourth-order valence-corrected chi connectivity index (χ4v) is 5.49. The van der Waals surface area contributed by atoms with Crippen LogP contribution in [-0.4, -0.2) is 45.5 Å². The van der Waals surface area contributed by atoms with Crippen LogP contribution in [0.2, 0.25) is 0 Å². The van der Waals surface area contributed by atoms with Crippen molar-refractivity contribution in [2.75, 3.05) is 13.2 Å². The van der Waals surface area contributed by atoms with Crippen molar-refractivity contribution in [3.63, 3.8) is 0 Å². The summed E-state index contributed by atoms with van der Waals surface area (Å²) in [6.45, 7) is 9.14. The molecular formula is C24H34N4O3. The van der Waals surface area contributed by atoms with Crippen molar-refractivity contribution in [1.29, 1.82) is 0 Å². The number of aliphatic hydroxyl groups excluding tert-OH is 1. The van der Waals surface area contributed by atoms with Crippen LogP contribution in [0.3, 0.4) is 0 Å². The SMILES string of the molecule is CC(C)C(CO)NC(=O)c1cn2c(C(=O)NC[C@@H]3CC[C@H]4C[C@@H]3C4(C)C)cccc2n1. The minimum atomic E-state index is -0.355. The Balaban J connectivity index is 1.46. The number of amides is 2.